The molecule has 2 atom stereocenters. The highest BCUT2D eigenvalue weighted by Crippen LogP contribution is 2.27. The smallest absolute Gasteiger partial charge is 0.401 e. The van der Waals surface area contributed by atoms with Crippen LogP contribution in [0.15, 0.2) is 34.7 Å². The summed E-state index contributed by atoms with van der Waals surface area (Å²) >= 11 is 3.51. The Morgan fingerprint density at radius 1 is 1.29 bits per heavy atom. The highest BCUT2D eigenvalue weighted by atomic mass is 32.1. The van der Waals surface area contributed by atoms with Gasteiger partial charge in [-0.15, -0.1) is 0 Å². The maximum atomic E-state index is 12.7. The van der Waals surface area contributed by atoms with Crippen molar-refractivity contribution < 1.29 is 32.3 Å². The number of benzene rings is 1. The molecule has 2 N–H and O–H groups in total. The number of aliphatic carboxylic acids is 1. The Morgan fingerprint density at radius 2 is 1.96 bits per heavy atom. The van der Waals surface area contributed by atoms with E-state index >= 15 is 0 Å². The molecule has 5 nitrogen and oxygen atoms in total. The van der Waals surface area contributed by atoms with E-state index in [1.807, 2.05) is 5.32 Å². The molecule has 0 aliphatic heterocycles. The first-order chi connectivity index (χ1) is 11.2. The van der Waals surface area contributed by atoms with E-state index in [0.717, 1.165) is 5.39 Å². The summed E-state index contributed by atoms with van der Waals surface area (Å²) in [6, 6.07) is 6.95. The maximum absolute atomic E-state index is 12.7. The van der Waals surface area contributed by atoms with Crippen LogP contribution in [0.1, 0.15) is 5.76 Å². The number of carbonyl (C=O) groups excluding carboxylic acids is 1. The summed E-state index contributed by atoms with van der Waals surface area (Å²) in [5.74, 6) is -5.78. The zero-order chi connectivity index (χ0) is 17.9. The van der Waals surface area contributed by atoms with Gasteiger partial charge in [0.15, 0.2) is 0 Å². The van der Waals surface area contributed by atoms with Gasteiger partial charge in [-0.25, -0.2) is 4.79 Å². The van der Waals surface area contributed by atoms with Gasteiger partial charge in [0, 0.05) is 17.6 Å². The fourth-order valence-electron chi connectivity index (χ4n) is 2.15. The lowest BCUT2D eigenvalue weighted by atomic mass is 10.1. The molecule has 0 fully saturated rings. The minimum atomic E-state index is -4.80. The standard InChI is InChI=1S/C15H14F3NO4S/c16-15(17,18)10(7-24)13(20)19-11(14(21)22)6-9-5-8-3-1-2-4-12(8)23-9/h1-5,10-11,24H,6-7H2,(H,19,20)(H,21,22). The minimum Gasteiger partial charge on any atom is -0.480 e. The molecule has 0 bridgehead atoms. The number of fused-ring (bicyclic) bond motifs is 1. The third-order valence-corrected chi connectivity index (χ3v) is 3.76. The van der Waals surface area contributed by atoms with Crippen molar-refractivity contribution in [3.63, 3.8) is 0 Å². The highest BCUT2D eigenvalue weighted by molar-refractivity contribution is 7.80. The predicted octanol–water partition coefficient (Wildman–Crippen LogP) is 2.65. The largest absolute Gasteiger partial charge is 0.480 e. The van der Waals surface area contributed by atoms with E-state index in [0.29, 0.717) is 5.58 Å². The first kappa shape index (κ1) is 18.2. The molecule has 1 heterocycles. The summed E-state index contributed by atoms with van der Waals surface area (Å²) in [7, 11) is 0. The van der Waals surface area contributed by atoms with Gasteiger partial charge in [-0.05, 0) is 12.1 Å². The summed E-state index contributed by atoms with van der Waals surface area (Å²) < 4.78 is 43.6. The van der Waals surface area contributed by atoms with Gasteiger partial charge < -0.3 is 14.8 Å². The van der Waals surface area contributed by atoms with E-state index in [4.69, 9.17) is 9.52 Å². The van der Waals surface area contributed by atoms with Crippen molar-refractivity contribution in [2.75, 3.05) is 5.75 Å². The second-order valence-corrected chi connectivity index (χ2v) is 5.50. The number of rotatable bonds is 6. The molecule has 2 rings (SSSR count). The quantitative estimate of drug-likeness (QED) is 0.691. The van der Waals surface area contributed by atoms with Crippen LogP contribution in [0.4, 0.5) is 13.2 Å². The molecule has 1 amide bonds. The average Bonchev–Trinajstić information content (AvgIpc) is 2.87. The SMILES string of the molecule is O=C(O)C(Cc1cc2ccccc2o1)NC(=O)C(CS)C(F)(F)F. The Balaban J connectivity index is 2.14. The first-order valence-corrected chi connectivity index (χ1v) is 7.54. The molecule has 2 unspecified atom stereocenters. The van der Waals surface area contributed by atoms with E-state index in [2.05, 4.69) is 12.6 Å². The lowest BCUT2D eigenvalue weighted by Crippen LogP contribution is -2.48. The lowest BCUT2D eigenvalue weighted by molar-refractivity contribution is -0.178. The van der Waals surface area contributed by atoms with Gasteiger partial charge in [0.05, 0.1) is 0 Å². The van der Waals surface area contributed by atoms with Gasteiger partial charge in [-0.3, -0.25) is 4.79 Å². The summed E-state index contributed by atoms with van der Waals surface area (Å²) in [6.07, 6.45) is -5.07. The Labute approximate surface area is 140 Å². The van der Waals surface area contributed by atoms with Crippen molar-refractivity contribution in [1.82, 2.24) is 5.32 Å². The number of hydrogen-bond acceptors (Lipinski definition) is 4. The molecule has 2 aromatic rings. The second-order valence-electron chi connectivity index (χ2n) is 5.13. The van der Waals surface area contributed by atoms with Crippen molar-refractivity contribution in [3.05, 3.63) is 36.1 Å². The molecule has 24 heavy (non-hydrogen) atoms. The highest BCUT2D eigenvalue weighted by Gasteiger charge is 2.44. The monoisotopic (exact) mass is 361 g/mol. The number of alkyl halides is 3. The van der Waals surface area contributed by atoms with Gasteiger partial charge in [-0.2, -0.15) is 25.8 Å². The Bertz CT molecular complexity index is 711. The normalized spacial score (nSPS) is 14.3. The molecule has 0 spiro atoms. The fourth-order valence-corrected chi connectivity index (χ4v) is 2.52. The van der Waals surface area contributed by atoms with Crippen LogP contribution in [-0.2, 0) is 16.0 Å². The van der Waals surface area contributed by atoms with Crippen LogP contribution in [0.25, 0.3) is 11.0 Å². The lowest BCUT2D eigenvalue weighted by Gasteiger charge is -2.20. The number of hydrogen-bond donors (Lipinski definition) is 3. The fraction of sp³-hybridized carbons (Fsp3) is 0.333. The number of halogens is 3. The number of para-hydroxylation sites is 1. The predicted molar refractivity (Wildman–Crippen MR) is 82.9 cm³/mol. The van der Waals surface area contributed by atoms with Crippen LogP contribution >= 0.6 is 12.6 Å². The Hall–Kier alpha value is -2.16. The van der Waals surface area contributed by atoms with Gasteiger partial charge in [0.2, 0.25) is 5.91 Å². The average molecular weight is 361 g/mol. The van der Waals surface area contributed by atoms with Crippen LogP contribution in [0.3, 0.4) is 0 Å². The molecule has 1 aromatic carbocycles. The van der Waals surface area contributed by atoms with E-state index < -0.39 is 35.8 Å². The molecule has 0 saturated heterocycles. The van der Waals surface area contributed by atoms with E-state index in [1.54, 1.807) is 30.3 Å². The van der Waals surface area contributed by atoms with Crippen molar-refractivity contribution in [2.45, 2.75) is 18.6 Å². The Kier molecular flexibility index (Phi) is 5.43. The summed E-state index contributed by atoms with van der Waals surface area (Å²) in [4.78, 5) is 23.0. The van der Waals surface area contributed by atoms with E-state index in [-0.39, 0.29) is 12.2 Å². The van der Waals surface area contributed by atoms with Crippen molar-refractivity contribution in [3.8, 4) is 0 Å². The van der Waals surface area contributed by atoms with Crippen LogP contribution in [0, 0.1) is 5.92 Å². The molecule has 1 aromatic heterocycles. The minimum absolute atomic E-state index is 0.248. The molecule has 9 heteroatoms. The van der Waals surface area contributed by atoms with Crippen molar-refractivity contribution >= 4 is 35.5 Å². The number of thiol groups is 1. The number of carbonyl (C=O) groups is 2. The van der Waals surface area contributed by atoms with Crippen molar-refractivity contribution in [2.24, 2.45) is 5.92 Å². The third kappa shape index (κ3) is 4.22. The summed E-state index contributed by atoms with van der Waals surface area (Å²) in [5.41, 5.74) is 0.520. The summed E-state index contributed by atoms with van der Waals surface area (Å²) in [5, 5.41) is 11.8. The molecular weight excluding hydrogens is 347 g/mol. The van der Waals surface area contributed by atoms with Crippen LogP contribution in [-0.4, -0.2) is 35.0 Å². The zero-order valence-electron chi connectivity index (χ0n) is 12.2. The van der Waals surface area contributed by atoms with E-state index in [1.165, 1.54) is 0 Å². The zero-order valence-corrected chi connectivity index (χ0v) is 13.1. The number of furan rings is 1. The number of amides is 1. The maximum Gasteiger partial charge on any atom is 0.401 e. The van der Waals surface area contributed by atoms with Gasteiger partial charge >= 0.3 is 12.1 Å². The molecule has 130 valence electrons. The molecule has 0 radical (unpaired) electrons. The van der Waals surface area contributed by atoms with Crippen molar-refractivity contribution in [1.29, 1.82) is 0 Å². The third-order valence-electron chi connectivity index (χ3n) is 3.39. The van der Waals surface area contributed by atoms with Crippen LogP contribution < -0.4 is 5.32 Å². The number of carboxylic acids is 1. The molecule has 0 aliphatic carbocycles. The van der Waals surface area contributed by atoms with Crippen LogP contribution in [0.5, 0.6) is 0 Å². The van der Waals surface area contributed by atoms with Gasteiger partial charge in [0.25, 0.3) is 0 Å². The topological polar surface area (TPSA) is 79.5 Å². The molecule has 0 aliphatic rings. The summed E-state index contributed by atoms with van der Waals surface area (Å²) in [6.45, 7) is 0. The molecular formula is C15H14F3NO4S. The number of nitrogens with one attached hydrogen (secondary N) is 1. The molecule has 0 saturated carbocycles. The first-order valence-electron chi connectivity index (χ1n) is 6.90. The Morgan fingerprint density at radius 3 is 2.50 bits per heavy atom. The van der Waals surface area contributed by atoms with Crippen LogP contribution in [0.2, 0.25) is 0 Å². The van der Waals surface area contributed by atoms with Gasteiger partial charge in [-0.1, -0.05) is 18.2 Å². The van der Waals surface area contributed by atoms with E-state index in [9.17, 15) is 22.8 Å². The van der Waals surface area contributed by atoms with Gasteiger partial charge in [0.1, 0.15) is 23.3 Å². The number of carboxylic acid groups (broad SMARTS) is 1. The second kappa shape index (κ2) is 7.16.